The Balaban J connectivity index is 1.89. The van der Waals surface area contributed by atoms with E-state index in [-0.39, 0.29) is 22.3 Å². The zero-order chi connectivity index (χ0) is 22.1. The van der Waals surface area contributed by atoms with Gasteiger partial charge in [-0.15, -0.1) is 0 Å². The Morgan fingerprint density at radius 1 is 1.23 bits per heavy atom. The highest BCUT2D eigenvalue weighted by molar-refractivity contribution is 6.33. The Morgan fingerprint density at radius 2 is 1.97 bits per heavy atom. The molecular weight excluding hydrogens is 425 g/mol. The predicted octanol–water partition coefficient (Wildman–Crippen LogP) is 4.19. The largest absolute Gasteiger partial charge is 0.508 e. The molecule has 0 radical (unpaired) electrons. The van der Waals surface area contributed by atoms with Crippen LogP contribution in [0.2, 0.25) is 5.02 Å². The maximum absolute atomic E-state index is 12.7. The van der Waals surface area contributed by atoms with Gasteiger partial charge in [0.05, 0.1) is 30.6 Å². The van der Waals surface area contributed by atoms with E-state index in [4.69, 9.17) is 16.3 Å². The maximum Gasteiger partial charge on any atom is 0.417 e. The Hall–Kier alpha value is -3.27. The van der Waals surface area contributed by atoms with Crippen molar-refractivity contribution >= 4 is 17.3 Å². The summed E-state index contributed by atoms with van der Waals surface area (Å²) in [5.41, 5.74) is -1.04. The highest BCUT2D eigenvalue weighted by Gasteiger charge is 2.30. The normalized spacial score (nSPS) is 12.5. The van der Waals surface area contributed by atoms with Crippen molar-refractivity contribution in [1.82, 2.24) is 14.8 Å². The molecule has 1 atom stereocenters. The first-order chi connectivity index (χ1) is 14.1. The summed E-state index contributed by atoms with van der Waals surface area (Å²) in [5.74, 6) is 0.437. The molecule has 0 aliphatic carbocycles. The van der Waals surface area contributed by atoms with Gasteiger partial charge in [0, 0.05) is 11.8 Å². The highest BCUT2D eigenvalue weighted by atomic mass is 35.5. The summed E-state index contributed by atoms with van der Waals surface area (Å²) in [6.45, 7) is 1.73. The SMILES string of the molecule is COc1ccc(O)c(C(C)Nc2cnn(-c3ccc(C(F)(F)F)cn3)c(=O)c2Cl)c1. The van der Waals surface area contributed by atoms with E-state index in [1.54, 1.807) is 19.1 Å². The van der Waals surface area contributed by atoms with Crippen molar-refractivity contribution in [2.45, 2.75) is 19.1 Å². The van der Waals surface area contributed by atoms with Crippen molar-refractivity contribution in [3.8, 4) is 17.3 Å². The molecule has 0 spiro atoms. The monoisotopic (exact) mass is 440 g/mol. The van der Waals surface area contributed by atoms with Gasteiger partial charge in [-0.2, -0.15) is 23.0 Å². The first-order valence-electron chi connectivity index (χ1n) is 8.56. The minimum atomic E-state index is -4.54. The van der Waals surface area contributed by atoms with Crippen molar-refractivity contribution < 1.29 is 23.0 Å². The van der Waals surface area contributed by atoms with Gasteiger partial charge in [-0.05, 0) is 37.3 Å². The minimum Gasteiger partial charge on any atom is -0.508 e. The average Bonchev–Trinajstić information content (AvgIpc) is 2.71. The average molecular weight is 441 g/mol. The topological polar surface area (TPSA) is 89.3 Å². The van der Waals surface area contributed by atoms with Crippen molar-refractivity contribution in [3.63, 3.8) is 0 Å². The van der Waals surface area contributed by atoms with Gasteiger partial charge in [0.2, 0.25) is 0 Å². The molecule has 0 fully saturated rings. The third kappa shape index (κ3) is 4.33. The van der Waals surface area contributed by atoms with Crippen LogP contribution in [0.3, 0.4) is 0 Å². The number of alkyl halides is 3. The molecule has 0 bridgehead atoms. The number of aromatic nitrogens is 3. The van der Waals surface area contributed by atoms with Gasteiger partial charge in [-0.25, -0.2) is 4.98 Å². The predicted molar refractivity (Wildman–Crippen MR) is 104 cm³/mol. The highest BCUT2D eigenvalue weighted by Crippen LogP contribution is 2.32. The van der Waals surface area contributed by atoms with Crippen LogP contribution in [0.25, 0.3) is 5.82 Å². The summed E-state index contributed by atoms with van der Waals surface area (Å²) >= 11 is 6.15. The van der Waals surface area contributed by atoms with E-state index in [2.05, 4.69) is 15.4 Å². The number of benzene rings is 1. The Labute approximate surface area is 173 Å². The Kier molecular flexibility index (Phi) is 5.88. The molecule has 158 valence electrons. The van der Waals surface area contributed by atoms with Crippen molar-refractivity contribution in [2.24, 2.45) is 0 Å². The van der Waals surface area contributed by atoms with E-state index in [0.717, 1.165) is 16.8 Å². The zero-order valence-electron chi connectivity index (χ0n) is 15.7. The van der Waals surface area contributed by atoms with E-state index in [0.29, 0.717) is 17.5 Å². The standard InChI is InChI=1S/C19H16ClF3N4O3/c1-10(13-7-12(30-2)4-5-15(13)28)26-14-9-25-27(18(29)17(14)20)16-6-3-11(8-24-16)19(21,22)23/h3-10,26,28H,1-2H3. The van der Waals surface area contributed by atoms with E-state index >= 15 is 0 Å². The second-order valence-electron chi connectivity index (χ2n) is 6.28. The number of phenols is 1. The van der Waals surface area contributed by atoms with Gasteiger partial charge in [-0.3, -0.25) is 4.79 Å². The van der Waals surface area contributed by atoms with Crippen LogP contribution in [-0.4, -0.2) is 27.0 Å². The fourth-order valence-electron chi connectivity index (χ4n) is 2.69. The van der Waals surface area contributed by atoms with Gasteiger partial charge in [0.25, 0.3) is 5.56 Å². The first kappa shape index (κ1) is 21.4. The van der Waals surface area contributed by atoms with Crippen LogP contribution in [0, 0.1) is 0 Å². The lowest BCUT2D eigenvalue weighted by atomic mass is 10.1. The summed E-state index contributed by atoms with van der Waals surface area (Å²) in [5, 5.41) is 16.7. The van der Waals surface area contributed by atoms with Crippen LogP contribution in [0.15, 0.2) is 47.5 Å². The number of nitrogens with one attached hydrogen (secondary N) is 1. The number of nitrogens with zero attached hydrogens (tertiary/aromatic N) is 3. The Bertz CT molecular complexity index is 1120. The van der Waals surface area contributed by atoms with E-state index < -0.39 is 23.3 Å². The summed E-state index contributed by atoms with van der Waals surface area (Å²) in [6.07, 6.45) is -2.69. The number of aromatic hydroxyl groups is 1. The van der Waals surface area contributed by atoms with Crippen LogP contribution < -0.4 is 15.6 Å². The fourth-order valence-corrected chi connectivity index (χ4v) is 2.88. The summed E-state index contributed by atoms with van der Waals surface area (Å²) in [6, 6.07) is 6.04. The number of hydrogen-bond acceptors (Lipinski definition) is 6. The first-order valence-corrected chi connectivity index (χ1v) is 8.94. The quantitative estimate of drug-likeness (QED) is 0.618. The molecule has 1 aromatic carbocycles. The molecule has 0 amide bonds. The molecule has 3 rings (SSSR count). The molecule has 2 aromatic heterocycles. The molecule has 2 heterocycles. The lowest BCUT2D eigenvalue weighted by Gasteiger charge is -2.18. The molecule has 0 aliphatic rings. The van der Waals surface area contributed by atoms with E-state index in [1.165, 1.54) is 19.4 Å². The van der Waals surface area contributed by atoms with Crippen LogP contribution in [0.4, 0.5) is 18.9 Å². The molecule has 0 aliphatic heterocycles. The van der Waals surface area contributed by atoms with Crippen molar-refractivity contribution in [3.05, 3.63) is 69.2 Å². The van der Waals surface area contributed by atoms with Gasteiger partial charge in [0.1, 0.15) is 16.5 Å². The molecule has 0 saturated heterocycles. The van der Waals surface area contributed by atoms with E-state index in [9.17, 15) is 23.1 Å². The van der Waals surface area contributed by atoms with Gasteiger partial charge in [-0.1, -0.05) is 11.6 Å². The number of anilines is 1. The van der Waals surface area contributed by atoms with Gasteiger partial charge >= 0.3 is 6.18 Å². The van der Waals surface area contributed by atoms with Gasteiger partial charge < -0.3 is 15.2 Å². The molecular formula is C19H16ClF3N4O3. The van der Waals surface area contributed by atoms with Crippen LogP contribution in [0.5, 0.6) is 11.5 Å². The molecule has 0 saturated carbocycles. The lowest BCUT2D eigenvalue weighted by Crippen LogP contribution is -2.24. The minimum absolute atomic E-state index is 0.0159. The summed E-state index contributed by atoms with van der Waals surface area (Å²) in [7, 11) is 1.49. The van der Waals surface area contributed by atoms with Crippen LogP contribution >= 0.6 is 11.6 Å². The van der Waals surface area contributed by atoms with Crippen molar-refractivity contribution in [1.29, 1.82) is 0 Å². The number of pyridine rings is 1. The van der Waals surface area contributed by atoms with Crippen LogP contribution in [0.1, 0.15) is 24.1 Å². The number of ether oxygens (including phenoxy) is 1. The van der Waals surface area contributed by atoms with Crippen molar-refractivity contribution in [2.75, 3.05) is 12.4 Å². The molecule has 7 nitrogen and oxygen atoms in total. The number of halogens is 4. The molecule has 11 heteroatoms. The third-order valence-corrected chi connectivity index (χ3v) is 4.65. The molecule has 2 N–H and O–H groups in total. The zero-order valence-corrected chi connectivity index (χ0v) is 16.5. The number of rotatable bonds is 5. The second-order valence-corrected chi connectivity index (χ2v) is 6.66. The Morgan fingerprint density at radius 3 is 2.57 bits per heavy atom. The van der Waals surface area contributed by atoms with Gasteiger partial charge in [0.15, 0.2) is 5.82 Å². The summed E-state index contributed by atoms with van der Waals surface area (Å²) in [4.78, 5) is 16.2. The van der Waals surface area contributed by atoms with Crippen LogP contribution in [-0.2, 0) is 6.18 Å². The third-order valence-electron chi connectivity index (χ3n) is 4.28. The smallest absolute Gasteiger partial charge is 0.417 e. The number of hydrogen-bond donors (Lipinski definition) is 2. The summed E-state index contributed by atoms with van der Waals surface area (Å²) < 4.78 is 44.0. The number of phenolic OH excluding ortho intramolecular Hbond substituents is 1. The molecule has 3 aromatic rings. The second kappa shape index (κ2) is 8.23. The molecule has 30 heavy (non-hydrogen) atoms. The maximum atomic E-state index is 12.7. The fraction of sp³-hybridized carbons (Fsp3) is 0.211. The molecule has 1 unspecified atom stereocenters. The lowest BCUT2D eigenvalue weighted by molar-refractivity contribution is -0.137. The van der Waals surface area contributed by atoms with E-state index in [1.807, 2.05) is 0 Å². The number of methoxy groups -OCH3 is 1.